The molecule has 0 aromatic carbocycles. The Hall–Kier alpha value is -0.483. The SMILES string of the molecule is C#CC=C[SiH3]. The second kappa shape index (κ2) is 3.52. The molecule has 0 amide bonds. The molecule has 0 fully saturated rings. The van der Waals surface area contributed by atoms with Crippen LogP contribution in [0.3, 0.4) is 0 Å². The van der Waals surface area contributed by atoms with Crippen LogP contribution in [0.2, 0.25) is 0 Å². The fraction of sp³-hybridized carbons (Fsp3) is 0. The summed E-state index contributed by atoms with van der Waals surface area (Å²) in [5.74, 6) is 2.37. The van der Waals surface area contributed by atoms with E-state index >= 15 is 0 Å². The number of allylic oxidation sites excluding steroid dienone is 1. The predicted molar refractivity (Wildman–Crippen MR) is 27.9 cm³/mol. The highest BCUT2D eigenvalue weighted by Crippen LogP contribution is 1.52. The lowest BCUT2D eigenvalue weighted by molar-refractivity contribution is 2.28. The van der Waals surface area contributed by atoms with Gasteiger partial charge in [-0.15, -0.1) is 6.42 Å². The van der Waals surface area contributed by atoms with Crippen molar-refractivity contribution in [3.63, 3.8) is 0 Å². The van der Waals surface area contributed by atoms with Gasteiger partial charge in [-0.1, -0.05) is 11.6 Å². The van der Waals surface area contributed by atoms with E-state index in [2.05, 4.69) is 5.92 Å². The van der Waals surface area contributed by atoms with Crippen molar-refractivity contribution in [3.8, 4) is 12.3 Å². The minimum absolute atomic E-state index is 1.08. The average Bonchev–Trinajstić information content (AvgIpc) is 1.41. The minimum Gasteiger partial charge on any atom is -0.115 e. The van der Waals surface area contributed by atoms with E-state index < -0.39 is 0 Å². The van der Waals surface area contributed by atoms with Crippen LogP contribution in [-0.2, 0) is 0 Å². The number of hydrogen-bond acceptors (Lipinski definition) is 0. The molecular weight excluding hydrogens is 76.1 g/mol. The second-order valence-electron chi connectivity index (χ2n) is 0.667. The van der Waals surface area contributed by atoms with Gasteiger partial charge in [0.2, 0.25) is 0 Å². The molecule has 0 N–H and O–H groups in total. The first-order valence-electron chi connectivity index (χ1n) is 1.49. The Morgan fingerprint density at radius 3 is 2.40 bits per heavy atom. The molecule has 0 rings (SSSR count). The maximum atomic E-state index is 4.82. The Labute approximate surface area is 35.3 Å². The van der Waals surface area contributed by atoms with Gasteiger partial charge in [0.05, 0.1) is 0 Å². The Bertz CT molecular complexity index is 66.2. The fourth-order valence-electron chi connectivity index (χ4n) is 0.0962. The summed E-state index contributed by atoms with van der Waals surface area (Å²) in [6.45, 7) is 0. The largest absolute Gasteiger partial charge is 0.115 e. The molecular formula is C4H6Si. The van der Waals surface area contributed by atoms with Gasteiger partial charge in [-0.05, 0) is 6.08 Å². The summed E-state index contributed by atoms with van der Waals surface area (Å²) in [4.78, 5) is 0. The zero-order valence-electron chi connectivity index (χ0n) is 3.23. The van der Waals surface area contributed by atoms with E-state index in [1.807, 2.05) is 5.70 Å². The molecule has 0 aliphatic carbocycles. The summed E-state index contributed by atoms with van der Waals surface area (Å²) in [7, 11) is 1.08. The van der Waals surface area contributed by atoms with E-state index in [1.165, 1.54) is 0 Å². The Morgan fingerprint density at radius 2 is 2.40 bits per heavy atom. The second-order valence-corrected chi connectivity index (χ2v) is 1.33. The Balaban J connectivity index is 3.04. The average molecular weight is 82.2 g/mol. The zero-order valence-corrected chi connectivity index (χ0v) is 5.23. The van der Waals surface area contributed by atoms with Crippen LogP contribution < -0.4 is 0 Å². The molecule has 0 radical (unpaired) electrons. The molecule has 0 nitrogen and oxygen atoms in total. The van der Waals surface area contributed by atoms with Gasteiger partial charge in [-0.3, -0.25) is 0 Å². The fourth-order valence-corrected chi connectivity index (χ4v) is 0.289. The van der Waals surface area contributed by atoms with Gasteiger partial charge in [0.1, 0.15) is 0 Å². The normalized spacial score (nSPS) is 8.60. The smallest absolute Gasteiger partial charge is 0.0299 e. The molecule has 5 heavy (non-hydrogen) atoms. The van der Waals surface area contributed by atoms with Crippen molar-refractivity contribution in [1.82, 2.24) is 0 Å². The third-order valence-corrected chi connectivity index (χ3v) is 0.596. The molecule has 0 unspecified atom stereocenters. The topological polar surface area (TPSA) is 0 Å². The Morgan fingerprint density at radius 1 is 1.80 bits per heavy atom. The van der Waals surface area contributed by atoms with E-state index in [4.69, 9.17) is 6.42 Å². The van der Waals surface area contributed by atoms with Crippen molar-refractivity contribution in [2.24, 2.45) is 0 Å². The van der Waals surface area contributed by atoms with Crippen LogP contribution in [0.4, 0.5) is 0 Å². The molecule has 0 saturated heterocycles. The quantitative estimate of drug-likeness (QED) is 0.273. The van der Waals surface area contributed by atoms with Gasteiger partial charge < -0.3 is 0 Å². The molecule has 0 bridgehead atoms. The van der Waals surface area contributed by atoms with Crippen molar-refractivity contribution >= 4 is 10.2 Å². The highest BCUT2D eigenvalue weighted by atomic mass is 28.1. The monoisotopic (exact) mass is 82.0 g/mol. The number of terminal acetylenes is 1. The molecule has 0 aromatic rings. The highest BCUT2D eigenvalue weighted by molar-refractivity contribution is 6.17. The molecule has 0 heterocycles. The number of hydrogen-bond donors (Lipinski definition) is 0. The summed E-state index contributed by atoms with van der Waals surface area (Å²) in [6, 6.07) is 0. The zero-order chi connectivity index (χ0) is 4.12. The van der Waals surface area contributed by atoms with Crippen LogP contribution in [0, 0.1) is 12.3 Å². The van der Waals surface area contributed by atoms with E-state index in [0.29, 0.717) is 0 Å². The first-order chi connectivity index (χ1) is 2.41. The predicted octanol–water partition coefficient (Wildman–Crippen LogP) is -0.501. The molecule has 0 aliphatic heterocycles. The van der Waals surface area contributed by atoms with Crippen molar-refractivity contribution in [2.45, 2.75) is 0 Å². The van der Waals surface area contributed by atoms with Crippen molar-refractivity contribution in [2.75, 3.05) is 0 Å². The van der Waals surface area contributed by atoms with Crippen LogP contribution in [0.5, 0.6) is 0 Å². The minimum atomic E-state index is 1.08. The molecule has 26 valence electrons. The Kier molecular flexibility index (Phi) is 3.18. The van der Waals surface area contributed by atoms with E-state index in [0.717, 1.165) is 10.2 Å². The molecule has 1 heteroatoms. The van der Waals surface area contributed by atoms with Crippen molar-refractivity contribution < 1.29 is 0 Å². The van der Waals surface area contributed by atoms with Gasteiger partial charge in [0.25, 0.3) is 0 Å². The standard InChI is InChI=1S/C4H6Si/c1-2-3-4-5/h1,3-4H,5H3. The third-order valence-electron chi connectivity index (χ3n) is 0.263. The molecule has 0 aromatic heterocycles. The maximum Gasteiger partial charge on any atom is 0.0299 e. The number of rotatable bonds is 0. The molecule has 0 spiro atoms. The van der Waals surface area contributed by atoms with Gasteiger partial charge in [0, 0.05) is 10.2 Å². The summed E-state index contributed by atoms with van der Waals surface area (Å²) >= 11 is 0. The summed E-state index contributed by atoms with van der Waals surface area (Å²) in [5.41, 5.74) is 1.96. The summed E-state index contributed by atoms with van der Waals surface area (Å²) in [6.07, 6.45) is 6.54. The van der Waals surface area contributed by atoms with Crippen LogP contribution in [0.25, 0.3) is 0 Å². The van der Waals surface area contributed by atoms with Crippen molar-refractivity contribution in [3.05, 3.63) is 11.8 Å². The molecule has 0 saturated carbocycles. The van der Waals surface area contributed by atoms with Crippen LogP contribution in [0.15, 0.2) is 11.8 Å². The van der Waals surface area contributed by atoms with Gasteiger partial charge in [-0.2, -0.15) is 0 Å². The van der Waals surface area contributed by atoms with Gasteiger partial charge >= 0.3 is 0 Å². The lowest BCUT2D eigenvalue weighted by atomic mass is 10.7. The first-order valence-corrected chi connectivity index (χ1v) is 2.64. The van der Waals surface area contributed by atoms with Crippen LogP contribution in [0.1, 0.15) is 0 Å². The third kappa shape index (κ3) is 3.52. The molecule has 0 atom stereocenters. The summed E-state index contributed by atoms with van der Waals surface area (Å²) < 4.78 is 0. The lowest BCUT2D eigenvalue weighted by Crippen LogP contribution is -1.44. The molecule has 0 aliphatic rings. The lowest BCUT2D eigenvalue weighted by Gasteiger charge is -1.51. The van der Waals surface area contributed by atoms with Gasteiger partial charge in [0.15, 0.2) is 0 Å². The maximum absolute atomic E-state index is 4.82. The van der Waals surface area contributed by atoms with E-state index in [-0.39, 0.29) is 0 Å². The summed E-state index contributed by atoms with van der Waals surface area (Å²) in [5, 5.41) is 0. The van der Waals surface area contributed by atoms with Crippen LogP contribution in [-0.4, -0.2) is 10.2 Å². The van der Waals surface area contributed by atoms with E-state index in [1.54, 1.807) is 6.08 Å². The first kappa shape index (κ1) is 4.52. The van der Waals surface area contributed by atoms with Crippen LogP contribution >= 0.6 is 0 Å². The van der Waals surface area contributed by atoms with E-state index in [9.17, 15) is 0 Å². The van der Waals surface area contributed by atoms with Gasteiger partial charge in [-0.25, -0.2) is 0 Å². The van der Waals surface area contributed by atoms with Crippen molar-refractivity contribution in [1.29, 1.82) is 0 Å². The highest BCUT2D eigenvalue weighted by Gasteiger charge is 1.41.